The van der Waals surface area contributed by atoms with E-state index in [4.69, 9.17) is 5.73 Å². The van der Waals surface area contributed by atoms with Crippen LogP contribution >= 0.6 is 0 Å². The van der Waals surface area contributed by atoms with Gasteiger partial charge in [0.05, 0.1) is 5.69 Å². The lowest BCUT2D eigenvalue weighted by molar-refractivity contribution is 1.12. The molecule has 0 aliphatic rings. The second kappa shape index (κ2) is 4.57. The van der Waals surface area contributed by atoms with Crippen LogP contribution in [0.25, 0.3) is 17.8 Å². The number of nitrogens with zero attached hydrogens (tertiary/aromatic N) is 3. The quantitative estimate of drug-likeness (QED) is 0.760. The molecule has 3 rings (SSSR count). The van der Waals surface area contributed by atoms with E-state index in [1.165, 1.54) is 0 Å². The van der Waals surface area contributed by atoms with Crippen LogP contribution in [0.4, 0.5) is 5.82 Å². The van der Waals surface area contributed by atoms with Gasteiger partial charge in [0, 0.05) is 12.4 Å². The highest BCUT2D eigenvalue weighted by Gasteiger charge is 2.07. The molecule has 0 saturated carbocycles. The van der Waals surface area contributed by atoms with Crippen molar-refractivity contribution in [2.24, 2.45) is 0 Å². The third-order valence-corrected chi connectivity index (χ3v) is 3.02. The SMILES string of the molecule is Cc1nc2c(C=Cc3ccccc3)nccn2c1N. The second-order valence-electron chi connectivity index (χ2n) is 4.33. The van der Waals surface area contributed by atoms with Gasteiger partial charge < -0.3 is 5.73 Å². The number of nitrogens with two attached hydrogens (primary N) is 1. The lowest BCUT2D eigenvalue weighted by atomic mass is 10.2. The summed E-state index contributed by atoms with van der Waals surface area (Å²) in [6.45, 7) is 1.90. The van der Waals surface area contributed by atoms with Crippen LogP contribution in [0.15, 0.2) is 42.7 Å². The Morgan fingerprint density at radius 2 is 1.95 bits per heavy atom. The average molecular weight is 250 g/mol. The normalized spacial score (nSPS) is 11.4. The first-order valence-corrected chi connectivity index (χ1v) is 6.08. The number of benzene rings is 1. The van der Waals surface area contributed by atoms with Gasteiger partial charge in [-0.25, -0.2) is 4.98 Å². The van der Waals surface area contributed by atoms with Gasteiger partial charge in [-0.3, -0.25) is 9.38 Å². The van der Waals surface area contributed by atoms with Crippen molar-refractivity contribution in [3.8, 4) is 0 Å². The first-order valence-electron chi connectivity index (χ1n) is 6.08. The Labute approximate surface area is 111 Å². The number of nitrogen functional groups attached to an aromatic ring is 1. The van der Waals surface area contributed by atoms with E-state index in [1.54, 1.807) is 6.20 Å². The summed E-state index contributed by atoms with van der Waals surface area (Å²) in [5.74, 6) is 0.659. The van der Waals surface area contributed by atoms with Gasteiger partial charge in [0.15, 0.2) is 5.65 Å². The van der Waals surface area contributed by atoms with Gasteiger partial charge in [0.1, 0.15) is 11.5 Å². The summed E-state index contributed by atoms with van der Waals surface area (Å²) in [7, 11) is 0. The predicted molar refractivity (Wildman–Crippen MR) is 77.5 cm³/mol. The maximum absolute atomic E-state index is 5.96. The summed E-state index contributed by atoms with van der Waals surface area (Å²) < 4.78 is 1.85. The lowest BCUT2D eigenvalue weighted by Crippen LogP contribution is -1.95. The molecule has 94 valence electrons. The van der Waals surface area contributed by atoms with Crippen LogP contribution in [-0.2, 0) is 0 Å². The maximum atomic E-state index is 5.96. The summed E-state index contributed by atoms with van der Waals surface area (Å²) in [6.07, 6.45) is 7.53. The fraction of sp³-hybridized carbons (Fsp3) is 0.0667. The fourth-order valence-electron chi connectivity index (χ4n) is 1.98. The summed E-state index contributed by atoms with van der Waals surface area (Å²) in [6, 6.07) is 10.1. The van der Waals surface area contributed by atoms with E-state index in [9.17, 15) is 0 Å². The highest BCUT2D eigenvalue weighted by atomic mass is 15.1. The van der Waals surface area contributed by atoms with E-state index in [1.807, 2.05) is 60.0 Å². The monoisotopic (exact) mass is 250 g/mol. The first-order chi connectivity index (χ1) is 9.25. The van der Waals surface area contributed by atoms with E-state index in [0.717, 1.165) is 22.6 Å². The molecule has 0 fully saturated rings. The molecule has 0 amide bonds. The van der Waals surface area contributed by atoms with Crippen molar-refractivity contribution in [3.05, 3.63) is 59.7 Å². The van der Waals surface area contributed by atoms with Crippen molar-refractivity contribution in [2.45, 2.75) is 6.92 Å². The molecule has 0 unspecified atom stereocenters. The number of anilines is 1. The van der Waals surface area contributed by atoms with Crippen LogP contribution in [0.2, 0.25) is 0 Å². The Hall–Kier alpha value is -2.62. The highest BCUT2D eigenvalue weighted by Crippen LogP contribution is 2.17. The molecule has 2 aromatic heterocycles. The summed E-state index contributed by atoms with van der Waals surface area (Å²) in [4.78, 5) is 8.80. The standard InChI is InChI=1S/C15H14N4/c1-11-14(16)19-10-9-17-13(15(19)18-11)8-7-12-5-3-2-4-6-12/h2-10H,16H2,1H3. The molecule has 3 aromatic rings. The largest absolute Gasteiger partial charge is 0.383 e. The zero-order chi connectivity index (χ0) is 13.2. The first kappa shape index (κ1) is 11.5. The zero-order valence-electron chi connectivity index (χ0n) is 10.6. The molecule has 2 heterocycles. The van der Waals surface area contributed by atoms with E-state index in [-0.39, 0.29) is 0 Å². The Balaban J connectivity index is 2.06. The van der Waals surface area contributed by atoms with Crippen molar-refractivity contribution in [1.82, 2.24) is 14.4 Å². The molecular formula is C15H14N4. The third kappa shape index (κ3) is 2.08. The van der Waals surface area contributed by atoms with Crippen molar-refractivity contribution >= 4 is 23.6 Å². The summed E-state index contributed by atoms with van der Waals surface area (Å²) >= 11 is 0. The van der Waals surface area contributed by atoms with Crippen LogP contribution in [0.3, 0.4) is 0 Å². The van der Waals surface area contributed by atoms with Gasteiger partial charge in [-0.15, -0.1) is 0 Å². The number of aromatic nitrogens is 3. The number of rotatable bonds is 2. The van der Waals surface area contributed by atoms with Crippen LogP contribution in [0.5, 0.6) is 0 Å². The van der Waals surface area contributed by atoms with Crippen molar-refractivity contribution < 1.29 is 0 Å². The Bertz CT molecular complexity index is 741. The molecule has 2 N–H and O–H groups in total. The predicted octanol–water partition coefficient (Wildman–Crippen LogP) is 2.79. The second-order valence-corrected chi connectivity index (χ2v) is 4.33. The summed E-state index contributed by atoms with van der Waals surface area (Å²) in [5.41, 5.74) is 9.51. The average Bonchev–Trinajstić information content (AvgIpc) is 2.74. The third-order valence-electron chi connectivity index (χ3n) is 3.02. The van der Waals surface area contributed by atoms with Gasteiger partial charge in [-0.05, 0) is 18.6 Å². The number of hydrogen-bond donors (Lipinski definition) is 1. The van der Waals surface area contributed by atoms with Crippen molar-refractivity contribution in [2.75, 3.05) is 5.73 Å². The molecule has 1 aromatic carbocycles. The molecule has 4 heteroatoms. The van der Waals surface area contributed by atoms with E-state index >= 15 is 0 Å². The fourth-order valence-corrected chi connectivity index (χ4v) is 1.98. The molecule has 0 radical (unpaired) electrons. The van der Waals surface area contributed by atoms with Crippen LogP contribution in [0, 0.1) is 6.92 Å². The van der Waals surface area contributed by atoms with Crippen LogP contribution < -0.4 is 5.73 Å². The molecule has 0 bridgehead atoms. The molecule has 4 nitrogen and oxygen atoms in total. The van der Waals surface area contributed by atoms with E-state index < -0.39 is 0 Å². The molecule has 0 saturated heterocycles. The number of fused-ring (bicyclic) bond motifs is 1. The maximum Gasteiger partial charge on any atom is 0.164 e. The lowest BCUT2D eigenvalue weighted by Gasteiger charge is -1.98. The molecule has 0 aliphatic heterocycles. The minimum atomic E-state index is 0.659. The van der Waals surface area contributed by atoms with Gasteiger partial charge in [0.25, 0.3) is 0 Å². The topological polar surface area (TPSA) is 56.2 Å². The van der Waals surface area contributed by atoms with Gasteiger partial charge >= 0.3 is 0 Å². The Morgan fingerprint density at radius 3 is 2.74 bits per heavy atom. The van der Waals surface area contributed by atoms with Crippen molar-refractivity contribution in [3.63, 3.8) is 0 Å². The molecule has 0 aliphatic carbocycles. The molecule has 19 heavy (non-hydrogen) atoms. The zero-order valence-corrected chi connectivity index (χ0v) is 10.6. The van der Waals surface area contributed by atoms with E-state index in [2.05, 4.69) is 9.97 Å². The van der Waals surface area contributed by atoms with Crippen LogP contribution in [-0.4, -0.2) is 14.4 Å². The smallest absolute Gasteiger partial charge is 0.164 e. The molecule has 0 atom stereocenters. The van der Waals surface area contributed by atoms with Crippen LogP contribution in [0.1, 0.15) is 17.0 Å². The number of aryl methyl sites for hydroxylation is 1. The highest BCUT2D eigenvalue weighted by molar-refractivity contribution is 5.75. The number of hydrogen-bond acceptors (Lipinski definition) is 3. The molecule has 0 spiro atoms. The van der Waals surface area contributed by atoms with Gasteiger partial charge in [-0.2, -0.15) is 0 Å². The van der Waals surface area contributed by atoms with E-state index in [0.29, 0.717) is 5.82 Å². The molecular weight excluding hydrogens is 236 g/mol. The summed E-state index contributed by atoms with van der Waals surface area (Å²) in [5, 5.41) is 0. The minimum Gasteiger partial charge on any atom is -0.383 e. The Morgan fingerprint density at radius 1 is 1.16 bits per heavy atom. The Kier molecular flexibility index (Phi) is 2.76. The number of imidazole rings is 1. The minimum absolute atomic E-state index is 0.659. The van der Waals surface area contributed by atoms with Crippen molar-refractivity contribution in [1.29, 1.82) is 0 Å². The van der Waals surface area contributed by atoms with Gasteiger partial charge in [-0.1, -0.05) is 36.4 Å². The van der Waals surface area contributed by atoms with Gasteiger partial charge in [0.2, 0.25) is 0 Å².